The monoisotopic (exact) mass is 352 g/mol. The van der Waals surface area contributed by atoms with Crippen LogP contribution in [-0.2, 0) is 14.8 Å². The summed E-state index contributed by atoms with van der Waals surface area (Å²) in [7, 11) is -1.90. The zero-order valence-electron chi connectivity index (χ0n) is 13.2. The molecule has 23 heavy (non-hydrogen) atoms. The molecule has 0 saturated carbocycles. The van der Waals surface area contributed by atoms with Crippen LogP contribution in [-0.4, -0.2) is 32.2 Å². The Balaban J connectivity index is 1.81. The van der Waals surface area contributed by atoms with E-state index in [2.05, 4.69) is 5.32 Å². The number of hydrogen-bond donors (Lipinski definition) is 1. The van der Waals surface area contributed by atoms with Crippen LogP contribution in [0.1, 0.15) is 18.4 Å². The molecule has 1 N–H and O–H groups in total. The van der Waals surface area contributed by atoms with E-state index in [-0.39, 0.29) is 12.3 Å². The number of nitrogens with one attached hydrogen (secondary N) is 1. The quantitative estimate of drug-likeness (QED) is 0.833. The molecule has 0 aliphatic carbocycles. The zero-order chi connectivity index (χ0) is 16.9. The van der Waals surface area contributed by atoms with Gasteiger partial charge in [0.05, 0.1) is 0 Å². The Morgan fingerprint density at radius 2 is 2.04 bits per heavy atom. The lowest BCUT2D eigenvalue weighted by Crippen LogP contribution is -2.28. The number of amides is 1. The van der Waals surface area contributed by atoms with Crippen molar-refractivity contribution in [2.24, 2.45) is 0 Å². The maximum Gasteiger partial charge on any atom is 0.252 e. The summed E-state index contributed by atoms with van der Waals surface area (Å²) < 4.78 is 26.1. The molecule has 0 unspecified atom stereocenters. The van der Waals surface area contributed by atoms with Crippen LogP contribution in [0.15, 0.2) is 46.0 Å². The summed E-state index contributed by atoms with van der Waals surface area (Å²) in [4.78, 5) is 11.9. The first-order valence-corrected chi connectivity index (χ1v) is 9.58. The molecule has 2 rings (SSSR count). The van der Waals surface area contributed by atoms with Gasteiger partial charge in [0.1, 0.15) is 4.21 Å². The third-order valence-electron chi connectivity index (χ3n) is 3.34. The smallest absolute Gasteiger partial charge is 0.252 e. The van der Waals surface area contributed by atoms with E-state index >= 15 is 0 Å². The van der Waals surface area contributed by atoms with E-state index in [1.807, 2.05) is 31.2 Å². The summed E-state index contributed by atoms with van der Waals surface area (Å²) in [5.74, 6) is -0.113. The molecule has 0 radical (unpaired) electrons. The van der Waals surface area contributed by atoms with Gasteiger partial charge in [-0.15, -0.1) is 11.3 Å². The molecule has 0 aliphatic heterocycles. The molecule has 124 valence electrons. The molecule has 1 aromatic carbocycles. The third-order valence-corrected chi connectivity index (χ3v) is 6.57. The molecular weight excluding hydrogens is 332 g/mol. The van der Waals surface area contributed by atoms with Crippen LogP contribution in [0.3, 0.4) is 0 Å². The number of carbonyl (C=O) groups is 1. The highest BCUT2D eigenvalue weighted by Crippen LogP contribution is 2.20. The molecule has 0 saturated heterocycles. The molecule has 1 amide bonds. The lowest BCUT2D eigenvalue weighted by Gasteiger charge is -2.15. The topological polar surface area (TPSA) is 66.5 Å². The standard InChI is InChI=1S/C16H20N2O3S2/c1-13-6-3-7-14(12-13)17-15(19)8-4-10-18(2)23(20,21)16-9-5-11-22-16/h3,5-7,9,11-12H,4,8,10H2,1-2H3,(H,17,19). The molecule has 1 aromatic heterocycles. The van der Waals surface area contributed by atoms with Crippen molar-refractivity contribution in [3.8, 4) is 0 Å². The van der Waals surface area contributed by atoms with Crippen molar-refractivity contribution in [3.63, 3.8) is 0 Å². The molecule has 0 fully saturated rings. The fourth-order valence-corrected chi connectivity index (χ4v) is 4.50. The Labute approximate surface area is 141 Å². The van der Waals surface area contributed by atoms with Gasteiger partial charge in [0.25, 0.3) is 10.0 Å². The van der Waals surface area contributed by atoms with Crippen LogP contribution in [0, 0.1) is 6.92 Å². The van der Waals surface area contributed by atoms with E-state index in [9.17, 15) is 13.2 Å². The van der Waals surface area contributed by atoms with Gasteiger partial charge < -0.3 is 5.32 Å². The Hall–Kier alpha value is -1.70. The van der Waals surface area contributed by atoms with Gasteiger partial charge in [-0.2, -0.15) is 0 Å². The van der Waals surface area contributed by atoms with E-state index in [4.69, 9.17) is 0 Å². The molecule has 0 atom stereocenters. The number of benzene rings is 1. The molecule has 0 aliphatic rings. The summed E-state index contributed by atoms with van der Waals surface area (Å²) in [6, 6.07) is 10.9. The van der Waals surface area contributed by atoms with Crippen LogP contribution in [0.5, 0.6) is 0 Å². The third kappa shape index (κ3) is 4.89. The lowest BCUT2D eigenvalue weighted by molar-refractivity contribution is -0.116. The van der Waals surface area contributed by atoms with Crippen molar-refractivity contribution >= 4 is 33.0 Å². The first-order chi connectivity index (χ1) is 10.9. The zero-order valence-corrected chi connectivity index (χ0v) is 14.8. The first kappa shape index (κ1) is 17.7. The van der Waals surface area contributed by atoms with Crippen molar-refractivity contribution in [3.05, 3.63) is 47.3 Å². The molecule has 2 aromatic rings. The molecule has 5 nitrogen and oxygen atoms in total. The SMILES string of the molecule is Cc1cccc(NC(=O)CCCN(C)S(=O)(=O)c2cccs2)c1. The second kappa shape index (κ2) is 7.72. The van der Waals surface area contributed by atoms with Gasteiger partial charge in [0.15, 0.2) is 0 Å². The number of aryl methyl sites for hydroxylation is 1. The highest BCUT2D eigenvalue weighted by Gasteiger charge is 2.21. The Morgan fingerprint density at radius 1 is 1.26 bits per heavy atom. The Bertz CT molecular complexity index is 755. The summed E-state index contributed by atoms with van der Waals surface area (Å²) in [6.07, 6.45) is 0.747. The summed E-state index contributed by atoms with van der Waals surface area (Å²) >= 11 is 1.19. The van der Waals surface area contributed by atoms with Crippen molar-refractivity contribution in [1.82, 2.24) is 4.31 Å². The number of hydrogen-bond acceptors (Lipinski definition) is 4. The van der Waals surface area contributed by atoms with Crippen molar-refractivity contribution in [1.29, 1.82) is 0 Å². The van der Waals surface area contributed by atoms with Gasteiger partial charge in [0.2, 0.25) is 5.91 Å². The van der Waals surface area contributed by atoms with Crippen LogP contribution < -0.4 is 5.32 Å². The van der Waals surface area contributed by atoms with E-state index in [0.717, 1.165) is 11.3 Å². The minimum Gasteiger partial charge on any atom is -0.326 e. The van der Waals surface area contributed by atoms with E-state index in [0.29, 0.717) is 17.2 Å². The maximum absolute atomic E-state index is 12.2. The minimum atomic E-state index is -3.44. The van der Waals surface area contributed by atoms with Gasteiger partial charge in [-0.25, -0.2) is 12.7 Å². The van der Waals surface area contributed by atoms with Gasteiger partial charge in [-0.1, -0.05) is 18.2 Å². The van der Waals surface area contributed by atoms with Crippen molar-refractivity contribution in [2.45, 2.75) is 24.0 Å². The number of thiophene rings is 1. The highest BCUT2D eigenvalue weighted by atomic mass is 32.2. The molecular formula is C16H20N2O3S2. The number of sulfonamides is 1. The van der Waals surface area contributed by atoms with Gasteiger partial charge in [-0.05, 0) is 42.5 Å². The summed E-state index contributed by atoms with van der Waals surface area (Å²) in [5.41, 5.74) is 1.83. The van der Waals surface area contributed by atoms with Crippen LogP contribution >= 0.6 is 11.3 Å². The van der Waals surface area contributed by atoms with Crippen molar-refractivity contribution < 1.29 is 13.2 Å². The summed E-state index contributed by atoms with van der Waals surface area (Å²) in [5, 5.41) is 4.55. The Kier molecular flexibility index (Phi) is 5.92. The fourth-order valence-electron chi connectivity index (χ4n) is 2.09. The first-order valence-electron chi connectivity index (χ1n) is 7.26. The largest absolute Gasteiger partial charge is 0.326 e. The maximum atomic E-state index is 12.2. The fraction of sp³-hybridized carbons (Fsp3) is 0.312. The van der Waals surface area contributed by atoms with Crippen LogP contribution in [0.25, 0.3) is 0 Å². The predicted molar refractivity (Wildman–Crippen MR) is 93.2 cm³/mol. The number of rotatable bonds is 7. The van der Waals surface area contributed by atoms with Crippen LogP contribution in [0.2, 0.25) is 0 Å². The average Bonchev–Trinajstić information content (AvgIpc) is 3.02. The highest BCUT2D eigenvalue weighted by molar-refractivity contribution is 7.91. The Morgan fingerprint density at radius 3 is 2.70 bits per heavy atom. The predicted octanol–water partition coefficient (Wildman–Crippen LogP) is 3.10. The summed E-state index contributed by atoms with van der Waals surface area (Å²) in [6.45, 7) is 2.27. The lowest BCUT2D eigenvalue weighted by atomic mass is 10.2. The van der Waals surface area contributed by atoms with Gasteiger partial charge in [-0.3, -0.25) is 4.79 Å². The number of carbonyl (C=O) groups excluding carboxylic acids is 1. The van der Waals surface area contributed by atoms with Gasteiger partial charge >= 0.3 is 0 Å². The molecule has 0 spiro atoms. The second-order valence-corrected chi connectivity index (χ2v) is 8.50. The second-order valence-electron chi connectivity index (χ2n) is 5.28. The normalized spacial score (nSPS) is 11.6. The minimum absolute atomic E-state index is 0.113. The number of nitrogens with zero attached hydrogens (tertiary/aromatic N) is 1. The average molecular weight is 352 g/mol. The van der Waals surface area contributed by atoms with E-state index in [1.165, 1.54) is 22.7 Å². The number of anilines is 1. The van der Waals surface area contributed by atoms with Gasteiger partial charge in [0, 0.05) is 25.7 Å². The molecule has 1 heterocycles. The molecule has 0 bridgehead atoms. The van der Waals surface area contributed by atoms with E-state index in [1.54, 1.807) is 17.5 Å². The van der Waals surface area contributed by atoms with Crippen LogP contribution in [0.4, 0.5) is 5.69 Å². The van der Waals surface area contributed by atoms with E-state index < -0.39 is 10.0 Å². The molecule has 7 heteroatoms. The van der Waals surface area contributed by atoms with Crippen molar-refractivity contribution in [2.75, 3.05) is 18.9 Å².